The number of nitrogens with zero attached hydrogens (tertiary/aromatic N) is 1. The normalized spacial score (nSPS) is 16.5. The second kappa shape index (κ2) is 15.7. The van der Waals surface area contributed by atoms with Crippen molar-refractivity contribution in [3.63, 3.8) is 0 Å². The molecule has 10 heteroatoms. The third kappa shape index (κ3) is 9.52. The Morgan fingerprint density at radius 3 is 2.26 bits per heavy atom. The van der Waals surface area contributed by atoms with Crippen molar-refractivity contribution in [3.05, 3.63) is 48.0 Å². The molecular weight excluding hydrogens is 538 g/mol. The predicted molar refractivity (Wildman–Crippen MR) is 159 cm³/mol. The maximum Gasteiger partial charge on any atom is 0.337 e. The van der Waals surface area contributed by atoms with Crippen LogP contribution in [0.25, 0.3) is 10.8 Å². The average molecular weight is 584 g/mol. The molecule has 3 N–H and O–H groups in total. The Labute approximate surface area is 248 Å². The van der Waals surface area contributed by atoms with Crippen molar-refractivity contribution in [2.75, 3.05) is 26.3 Å². The zero-order valence-corrected chi connectivity index (χ0v) is 25.3. The number of amides is 3. The standard InChI is InChI=1S/C32H45N3O7/c1-20(2)17-27(29(37)32(40)42-21(3)4)34-30(38)22(5)33-31(39)25(19-28(36)35-13-15-41-16-14-35)18-24-11-8-10-23-9-6-7-12-26(23)24/h6-12,20-22,25,27,29,37H,13-19H2,1-5H3,(H,33,39)(H,34,38)/t22-,25?,27-,29?/m0/s1. The molecule has 1 saturated heterocycles. The number of ether oxygens (including phenoxy) is 2. The molecule has 3 rings (SSSR count). The van der Waals surface area contributed by atoms with Gasteiger partial charge in [0.1, 0.15) is 6.04 Å². The van der Waals surface area contributed by atoms with Gasteiger partial charge in [0.25, 0.3) is 0 Å². The van der Waals surface area contributed by atoms with Gasteiger partial charge in [-0.3, -0.25) is 14.4 Å². The molecular formula is C32H45N3O7. The fourth-order valence-corrected chi connectivity index (χ4v) is 5.09. The van der Waals surface area contributed by atoms with Crippen molar-refractivity contribution >= 4 is 34.5 Å². The third-order valence-electron chi connectivity index (χ3n) is 7.28. The first kappa shape index (κ1) is 33.0. The molecule has 42 heavy (non-hydrogen) atoms. The second-order valence-electron chi connectivity index (χ2n) is 11.6. The molecule has 0 aliphatic carbocycles. The van der Waals surface area contributed by atoms with Gasteiger partial charge >= 0.3 is 5.97 Å². The van der Waals surface area contributed by atoms with E-state index in [1.54, 1.807) is 18.7 Å². The number of carbonyl (C=O) groups is 4. The minimum atomic E-state index is -1.55. The number of carbonyl (C=O) groups excluding carboxylic acids is 4. The number of morpholine rings is 1. The molecule has 0 saturated carbocycles. The molecule has 230 valence electrons. The SMILES string of the molecule is CC(C)C[C@H](NC(=O)[C@H](C)NC(=O)C(CC(=O)N1CCOCC1)Cc1cccc2ccccc12)C(O)C(=O)OC(C)C. The van der Waals surface area contributed by atoms with Crippen LogP contribution in [0.3, 0.4) is 0 Å². The summed E-state index contributed by atoms with van der Waals surface area (Å²) in [6.45, 7) is 10.6. The van der Waals surface area contributed by atoms with Crippen LogP contribution < -0.4 is 10.6 Å². The molecule has 2 aromatic carbocycles. The maximum absolute atomic E-state index is 13.6. The third-order valence-corrected chi connectivity index (χ3v) is 7.28. The first-order valence-corrected chi connectivity index (χ1v) is 14.8. The highest BCUT2D eigenvalue weighted by Gasteiger charge is 2.33. The van der Waals surface area contributed by atoms with Gasteiger partial charge < -0.3 is 30.1 Å². The summed E-state index contributed by atoms with van der Waals surface area (Å²) in [7, 11) is 0. The molecule has 0 bridgehead atoms. The predicted octanol–water partition coefficient (Wildman–Crippen LogP) is 2.60. The lowest BCUT2D eigenvalue weighted by Gasteiger charge is -2.29. The van der Waals surface area contributed by atoms with Gasteiger partial charge in [0.15, 0.2) is 6.10 Å². The lowest BCUT2D eigenvalue weighted by Crippen LogP contribution is -2.54. The van der Waals surface area contributed by atoms with Crippen LogP contribution in [-0.4, -0.2) is 84.3 Å². The number of fused-ring (bicyclic) bond motifs is 1. The van der Waals surface area contributed by atoms with E-state index in [2.05, 4.69) is 10.6 Å². The topological polar surface area (TPSA) is 134 Å². The fraction of sp³-hybridized carbons (Fsp3) is 0.562. The van der Waals surface area contributed by atoms with E-state index in [1.165, 1.54) is 6.92 Å². The fourth-order valence-electron chi connectivity index (χ4n) is 5.09. The van der Waals surface area contributed by atoms with E-state index in [0.717, 1.165) is 16.3 Å². The number of rotatable bonds is 13. The monoisotopic (exact) mass is 583 g/mol. The van der Waals surface area contributed by atoms with Crippen LogP contribution in [0.5, 0.6) is 0 Å². The molecule has 0 radical (unpaired) electrons. The summed E-state index contributed by atoms with van der Waals surface area (Å²) in [6.07, 6.45) is -1.34. The Bertz CT molecular complexity index is 1220. The van der Waals surface area contributed by atoms with Gasteiger partial charge in [0.05, 0.1) is 31.3 Å². The largest absolute Gasteiger partial charge is 0.461 e. The van der Waals surface area contributed by atoms with E-state index in [4.69, 9.17) is 9.47 Å². The second-order valence-corrected chi connectivity index (χ2v) is 11.6. The number of aliphatic hydroxyl groups is 1. The number of aliphatic hydroxyl groups excluding tert-OH is 1. The van der Waals surface area contributed by atoms with Crippen LogP contribution in [0.15, 0.2) is 42.5 Å². The molecule has 1 aliphatic heterocycles. The number of benzene rings is 2. The van der Waals surface area contributed by atoms with Crippen LogP contribution in [-0.2, 0) is 35.1 Å². The minimum absolute atomic E-state index is 0.0148. The van der Waals surface area contributed by atoms with Crippen molar-refractivity contribution in [2.45, 2.75) is 78.2 Å². The molecule has 1 heterocycles. The smallest absolute Gasteiger partial charge is 0.337 e. The summed E-state index contributed by atoms with van der Waals surface area (Å²) < 4.78 is 10.5. The molecule has 1 aliphatic rings. The van der Waals surface area contributed by atoms with Crippen molar-refractivity contribution in [1.82, 2.24) is 15.5 Å². The Morgan fingerprint density at radius 2 is 1.60 bits per heavy atom. The lowest BCUT2D eigenvalue weighted by atomic mass is 9.91. The van der Waals surface area contributed by atoms with E-state index < -0.39 is 48.0 Å². The highest BCUT2D eigenvalue weighted by molar-refractivity contribution is 5.92. The molecule has 3 amide bonds. The summed E-state index contributed by atoms with van der Waals surface area (Å²) in [5.74, 6) is -2.58. The van der Waals surface area contributed by atoms with Gasteiger partial charge in [-0.05, 0) is 55.9 Å². The van der Waals surface area contributed by atoms with Gasteiger partial charge in [0.2, 0.25) is 17.7 Å². The zero-order valence-electron chi connectivity index (χ0n) is 25.3. The van der Waals surface area contributed by atoms with Gasteiger partial charge in [-0.2, -0.15) is 0 Å². The molecule has 0 spiro atoms. The molecule has 2 unspecified atom stereocenters. The van der Waals surface area contributed by atoms with Crippen LogP contribution in [0.2, 0.25) is 0 Å². The van der Waals surface area contributed by atoms with Gasteiger partial charge in [0, 0.05) is 19.5 Å². The summed E-state index contributed by atoms with van der Waals surface area (Å²) >= 11 is 0. The summed E-state index contributed by atoms with van der Waals surface area (Å²) in [4.78, 5) is 54.1. The Balaban J connectivity index is 1.75. The minimum Gasteiger partial charge on any atom is -0.461 e. The van der Waals surface area contributed by atoms with Crippen molar-refractivity contribution in [3.8, 4) is 0 Å². The van der Waals surface area contributed by atoms with E-state index in [9.17, 15) is 24.3 Å². The summed E-state index contributed by atoms with van der Waals surface area (Å²) in [5, 5.41) is 18.1. The van der Waals surface area contributed by atoms with Crippen molar-refractivity contribution < 1.29 is 33.8 Å². The van der Waals surface area contributed by atoms with Gasteiger partial charge in [-0.1, -0.05) is 56.3 Å². The van der Waals surface area contributed by atoms with E-state index in [0.29, 0.717) is 39.1 Å². The quantitative estimate of drug-likeness (QED) is 0.309. The number of hydrogen-bond acceptors (Lipinski definition) is 7. The van der Waals surface area contributed by atoms with Crippen LogP contribution in [0.4, 0.5) is 0 Å². The summed E-state index contributed by atoms with van der Waals surface area (Å²) in [5.41, 5.74) is 0.934. The van der Waals surface area contributed by atoms with Gasteiger partial charge in [-0.15, -0.1) is 0 Å². The molecule has 1 fully saturated rings. The lowest BCUT2D eigenvalue weighted by molar-refractivity contribution is -0.159. The van der Waals surface area contributed by atoms with Crippen LogP contribution in [0, 0.1) is 11.8 Å². The highest BCUT2D eigenvalue weighted by Crippen LogP contribution is 2.23. The molecule has 4 atom stereocenters. The highest BCUT2D eigenvalue weighted by atomic mass is 16.6. The van der Waals surface area contributed by atoms with Crippen molar-refractivity contribution in [1.29, 1.82) is 0 Å². The number of hydrogen-bond donors (Lipinski definition) is 3. The Hall–Kier alpha value is -3.50. The first-order chi connectivity index (χ1) is 20.0. The van der Waals surface area contributed by atoms with Crippen molar-refractivity contribution in [2.24, 2.45) is 11.8 Å². The Kier molecular flexibility index (Phi) is 12.3. The number of esters is 1. The maximum atomic E-state index is 13.6. The van der Waals surface area contributed by atoms with E-state index in [-0.39, 0.29) is 18.2 Å². The van der Waals surface area contributed by atoms with E-state index in [1.807, 2.05) is 56.3 Å². The van der Waals surface area contributed by atoms with Crippen LogP contribution in [0.1, 0.15) is 53.0 Å². The van der Waals surface area contributed by atoms with Crippen LogP contribution >= 0.6 is 0 Å². The molecule has 2 aromatic rings. The number of nitrogens with one attached hydrogen (secondary N) is 2. The van der Waals surface area contributed by atoms with E-state index >= 15 is 0 Å². The zero-order chi connectivity index (χ0) is 30.8. The molecule has 10 nitrogen and oxygen atoms in total. The molecule has 0 aromatic heterocycles. The van der Waals surface area contributed by atoms with Gasteiger partial charge in [-0.25, -0.2) is 4.79 Å². The summed E-state index contributed by atoms with van der Waals surface area (Å²) in [6, 6.07) is 11.9. The first-order valence-electron chi connectivity index (χ1n) is 14.8. The average Bonchev–Trinajstić information content (AvgIpc) is 2.95. The Morgan fingerprint density at radius 1 is 0.929 bits per heavy atom.